The molecule has 0 fully saturated rings. The average Bonchev–Trinajstić information content (AvgIpc) is 3.03. The summed E-state index contributed by atoms with van der Waals surface area (Å²) >= 11 is 0. The molecule has 0 unspecified atom stereocenters. The molecule has 0 spiro atoms. The molecule has 0 radical (unpaired) electrons. The van der Waals surface area contributed by atoms with Crippen LogP contribution in [0.15, 0.2) is 60.9 Å². The summed E-state index contributed by atoms with van der Waals surface area (Å²) in [7, 11) is -3.61. The highest BCUT2D eigenvalue weighted by atomic mass is 32.2. The van der Waals surface area contributed by atoms with Gasteiger partial charge in [-0.2, -0.15) is 13.1 Å². The van der Waals surface area contributed by atoms with Crippen LogP contribution in [0, 0.1) is 0 Å². The van der Waals surface area contributed by atoms with Crippen molar-refractivity contribution >= 4 is 21.8 Å². The summed E-state index contributed by atoms with van der Waals surface area (Å²) in [5.74, 6) is -0.432. The number of carbonyl (C=O) groups excluding carboxylic acids is 1. The molecule has 1 heterocycles. The minimum atomic E-state index is -3.61. The Balaban J connectivity index is 1.84. The Morgan fingerprint density at radius 3 is 2.53 bits per heavy atom. The summed E-state index contributed by atoms with van der Waals surface area (Å²) in [4.78, 5) is 16.1. The number of primary amides is 1. The number of hydrogen-bond donors (Lipinski definition) is 3. The van der Waals surface area contributed by atoms with E-state index >= 15 is 0 Å². The number of hydrogen-bond acceptors (Lipinski definition) is 4. The third-order valence-corrected chi connectivity index (χ3v) is 5.63. The van der Waals surface area contributed by atoms with Crippen LogP contribution in [0.3, 0.4) is 0 Å². The molecule has 0 aliphatic carbocycles. The molecule has 0 aliphatic heterocycles. The van der Waals surface area contributed by atoms with E-state index in [1.165, 1.54) is 0 Å². The standard InChI is InChI=1S/C21H25N5O3S/c1-2-24-30(28,29)25-18-10-6-9-17(11-18)14-26-15-23-19(20(26)13-21(22)27)12-16-7-4-3-5-8-16/h3-11,15,24-25H,2,12-14H2,1H3,(H2,22,27). The van der Waals surface area contributed by atoms with Gasteiger partial charge >= 0.3 is 0 Å². The number of nitrogens with one attached hydrogen (secondary N) is 2. The second-order valence-electron chi connectivity index (χ2n) is 6.88. The Morgan fingerprint density at radius 2 is 1.83 bits per heavy atom. The highest BCUT2D eigenvalue weighted by Gasteiger charge is 2.15. The average molecular weight is 428 g/mol. The zero-order chi connectivity index (χ0) is 21.6. The van der Waals surface area contributed by atoms with Gasteiger partial charge in [0.1, 0.15) is 0 Å². The van der Waals surface area contributed by atoms with Crippen LogP contribution in [-0.4, -0.2) is 30.4 Å². The number of amides is 1. The van der Waals surface area contributed by atoms with Gasteiger partial charge in [0.15, 0.2) is 0 Å². The lowest BCUT2D eigenvalue weighted by molar-refractivity contribution is -0.117. The fourth-order valence-electron chi connectivity index (χ4n) is 3.20. The molecule has 0 saturated carbocycles. The number of nitrogens with zero attached hydrogens (tertiary/aromatic N) is 2. The second-order valence-corrected chi connectivity index (χ2v) is 8.37. The summed E-state index contributed by atoms with van der Waals surface area (Å²) in [5, 5.41) is 0. The number of anilines is 1. The summed E-state index contributed by atoms with van der Waals surface area (Å²) in [6, 6.07) is 17.0. The van der Waals surface area contributed by atoms with Crippen molar-refractivity contribution in [2.75, 3.05) is 11.3 Å². The van der Waals surface area contributed by atoms with Crippen molar-refractivity contribution in [1.82, 2.24) is 14.3 Å². The first-order chi connectivity index (χ1) is 14.4. The third kappa shape index (κ3) is 5.91. The fraction of sp³-hybridized carbons (Fsp3) is 0.238. The van der Waals surface area contributed by atoms with E-state index in [0.717, 1.165) is 22.5 Å². The van der Waals surface area contributed by atoms with Gasteiger partial charge in [0.05, 0.1) is 29.8 Å². The smallest absolute Gasteiger partial charge is 0.299 e. The Morgan fingerprint density at radius 1 is 1.10 bits per heavy atom. The second kappa shape index (κ2) is 9.55. The minimum absolute atomic E-state index is 0.0783. The maximum atomic E-state index is 11.9. The normalized spacial score (nSPS) is 11.4. The van der Waals surface area contributed by atoms with E-state index in [4.69, 9.17) is 5.73 Å². The van der Waals surface area contributed by atoms with Gasteiger partial charge in [-0.1, -0.05) is 49.4 Å². The first-order valence-electron chi connectivity index (χ1n) is 9.57. The van der Waals surface area contributed by atoms with Crippen molar-refractivity contribution in [1.29, 1.82) is 0 Å². The van der Waals surface area contributed by atoms with Gasteiger partial charge in [0, 0.05) is 19.5 Å². The molecule has 9 heteroatoms. The zero-order valence-corrected chi connectivity index (χ0v) is 17.5. The quantitative estimate of drug-likeness (QED) is 0.457. The van der Waals surface area contributed by atoms with Crippen LogP contribution in [0.25, 0.3) is 0 Å². The number of rotatable bonds is 10. The van der Waals surface area contributed by atoms with Crippen LogP contribution in [0.1, 0.15) is 29.4 Å². The molecule has 0 saturated heterocycles. The van der Waals surface area contributed by atoms with E-state index < -0.39 is 16.1 Å². The van der Waals surface area contributed by atoms with Crippen molar-refractivity contribution in [3.63, 3.8) is 0 Å². The van der Waals surface area contributed by atoms with Gasteiger partial charge in [0.2, 0.25) is 5.91 Å². The van der Waals surface area contributed by atoms with Crippen LogP contribution < -0.4 is 15.2 Å². The minimum Gasteiger partial charge on any atom is -0.369 e. The van der Waals surface area contributed by atoms with Crippen LogP contribution in [-0.2, 0) is 34.4 Å². The van der Waals surface area contributed by atoms with E-state index in [-0.39, 0.29) is 6.42 Å². The Bertz CT molecular complexity index is 1110. The molecule has 30 heavy (non-hydrogen) atoms. The van der Waals surface area contributed by atoms with E-state index in [1.807, 2.05) is 41.0 Å². The van der Waals surface area contributed by atoms with Crippen LogP contribution in [0.4, 0.5) is 5.69 Å². The molecule has 158 valence electrons. The van der Waals surface area contributed by atoms with E-state index in [9.17, 15) is 13.2 Å². The number of imidazole rings is 1. The molecule has 0 aliphatic rings. The Hall–Kier alpha value is -3.17. The topological polar surface area (TPSA) is 119 Å². The molecular weight excluding hydrogens is 402 g/mol. The van der Waals surface area contributed by atoms with Gasteiger partial charge < -0.3 is 10.3 Å². The lowest BCUT2D eigenvalue weighted by Crippen LogP contribution is -2.29. The maximum Gasteiger partial charge on any atom is 0.299 e. The highest BCUT2D eigenvalue weighted by molar-refractivity contribution is 7.90. The first kappa shape index (κ1) is 21.5. The summed E-state index contributed by atoms with van der Waals surface area (Å²) in [6.07, 6.45) is 2.36. The van der Waals surface area contributed by atoms with Crippen LogP contribution in [0.2, 0.25) is 0 Å². The summed E-state index contributed by atoms with van der Waals surface area (Å²) < 4.78 is 30.6. The Labute approximate surface area is 176 Å². The molecule has 0 atom stereocenters. The first-order valence-corrected chi connectivity index (χ1v) is 11.1. The van der Waals surface area contributed by atoms with Gasteiger partial charge in [-0.15, -0.1) is 0 Å². The SMILES string of the molecule is CCNS(=O)(=O)Nc1cccc(Cn2cnc(Cc3ccccc3)c2CC(N)=O)c1. The summed E-state index contributed by atoms with van der Waals surface area (Å²) in [5.41, 5.74) is 9.42. The molecule has 4 N–H and O–H groups in total. The van der Waals surface area contributed by atoms with Gasteiger partial charge in [-0.05, 0) is 23.3 Å². The van der Waals surface area contributed by atoms with E-state index in [2.05, 4.69) is 14.4 Å². The summed E-state index contributed by atoms with van der Waals surface area (Å²) in [6.45, 7) is 2.44. The van der Waals surface area contributed by atoms with Crippen molar-refractivity contribution in [3.8, 4) is 0 Å². The molecule has 8 nitrogen and oxygen atoms in total. The number of nitrogens with two attached hydrogens (primary N) is 1. The number of benzene rings is 2. The predicted molar refractivity (Wildman–Crippen MR) is 116 cm³/mol. The monoisotopic (exact) mass is 427 g/mol. The van der Waals surface area contributed by atoms with E-state index in [0.29, 0.717) is 25.2 Å². The fourth-order valence-corrected chi connectivity index (χ4v) is 4.09. The lowest BCUT2D eigenvalue weighted by atomic mass is 10.1. The third-order valence-electron chi connectivity index (χ3n) is 4.46. The van der Waals surface area contributed by atoms with Crippen molar-refractivity contribution in [2.45, 2.75) is 26.3 Å². The number of carbonyl (C=O) groups is 1. The molecule has 1 aromatic heterocycles. The molecule has 3 rings (SSSR count). The molecular formula is C21H25N5O3S. The number of aromatic nitrogens is 2. The Kier molecular flexibility index (Phi) is 6.86. The molecule has 2 aromatic carbocycles. The lowest BCUT2D eigenvalue weighted by Gasteiger charge is -2.12. The predicted octanol–water partition coefficient (Wildman–Crippen LogP) is 1.82. The van der Waals surface area contributed by atoms with Crippen molar-refractivity contribution in [2.24, 2.45) is 5.73 Å². The highest BCUT2D eigenvalue weighted by Crippen LogP contribution is 2.18. The molecule has 3 aromatic rings. The molecule has 1 amide bonds. The van der Waals surface area contributed by atoms with Gasteiger partial charge in [-0.25, -0.2) is 4.98 Å². The maximum absolute atomic E-state index is 11.9. The van der Waals surface area contributed by atoms with Crippen LogP contribution in [0.5, 0.6) is 0 Å². The van der Waals surface area contributed by atoms with Crippen molar-refractivity contribution in [3.05, 3.63) is 83.4 Å². The largest absolute Gasteiger partial charge is 0.369 e. The van der Waals surface area contributed by atoms with Gasteiger partial charge in [0.25, 0.3) is 10.2 Å². The van der Waals surface area contributed by atoms with Crippen LogP contribution >= 0.6 is 0 Å². The van der Waals surface area contributed by atoms with Crippen molar-refractivity contribution < 1.29 is 13.2 Å². The zero-order valence-electron chi connectivity index (χ0n) is 16.7. The molecule has 0 bridgehead atoms. The van der Waals surface area contributed by atoms with E-state index in [1.54, 1.807) is 31.5 Å². The van der Waals surface area contributed by atoms with Gasteiger partial charge in [-0.3, -0.25) is 9.52 Å².